The van der Waals surface area contributed by atoms with Gasteiger partial charge in [-0.15, -0.1) is 0 Å². The monoisotopic (exact) mass is 417 g/mol. The van der Waals surface area contributed by atoms with Crippen LogP contribution in [0, 0.1) is 6.92 Å². The number of nitrogen functional groups attached to an aromatic ring is 1. The molecule has 31 heavy (non-hydrogen) atoms. The molecule has 0 aliphatic heterocycles. The summed E-state index contributed by atoms with van der Waals surface area (Å²) < 4.78 is 18.6. The SMILES string of the molecule is COc1c(Oc2c(C)cc(N)c3c2CCC3)ccc(OCc2ccccc2)c1C(C)C. The predicted octanol–water partition coefficient (Wildman–Crippen LogP) is 6.57. The molecule has 2 N–H and O–H groups in total. The van der Waals surface area contributed by atoms with Crippen LogP contribution in [-0.4, -0.2) is 7.11 Å². The maximum atomic E-state index is 6.50. The van der Waals surface area contributed by atoms with E-state index in [0.29, 0.717) is 12.4 Å². The Kier molecular flexibility index (Phi) is 6.08. The first-order valence-corrected chi connectivity index (χ1v) is 11.0. The molecule has 0 amide bonds. The molecule has 4 heteroatoms. The average Bonchev–Trinajstić information content (AvgIpc) is 3.26. The molecule has 0 saturated heterocycles. The normalized spacial score (nSPS) is 12.7. The van der Waals surface area contributed by atoms with Crippen LogP contribution in [-0.2, 0) is 19.4 Å². The second kappa shape index (κ2) is 8.93. The number of nitrogens with two attached hydrogens (primary N) is 1. The van der Waals surface area contributed by atoms with Crippen molar-refractivity contribution in [2.45, 2.75) is 52.6 Å². The van der Waals surface area contributed by atoms with E-state index in [0.717, 1.165) is 58.9 Å². The number of hydrogen-bond acceptors (Lipinski definition) is 4. The molecule has 0 radical (unpaired) electrons. The fourth-order valence-electron chi connectivity index (χ4n) is 4.45. The van der Waals surface area contributed by atoms with E-state index in [2.05, 4.69) is 32.9 Å². The summed E-state index contributed by atoms with van der Waals surface area (Å²) in [4.78, 5) is 0. The zero-order valence-corrected chi connectivity index (χ0v) is 18.8. The van der Waals surface area contributed by atoms with Crippen LogP contribution in [0.3, 0.4) is 0 Å². The van der Waals surface area contributed by atoms with Crippen molar-refractivity contribution in [2.75, 3.05) is 12.8 Å². The molecule has 4 nitrogen and oxygen atoms in total. The molecule has 4 rings (SSSR count). The molecule has 0 heterocycles. The lowest BCUT2D eigenvalue weighted by Gasteiger charge is -2.22. The van der Waals surface area contributed by atoms with Gasteiger partial charge in [-0.25, -0.2) is 0 Å². The zero-order chi connectivity index (χ0) is 22.0. The van der Waals surface area contributed by atoms with E-state index < -0.39 is 0 Å². The van der Waals surface area contributed by atoms with Crippen LogP contribution >= 0.6 is 0 Å². The summed E-state index contributed by atoms with van der Waals surface area (Å²) in [6.45, 7) is 6.85. The minimum Gasteiger partial charge on any atom is -0.492 e. The number of fused-ring (bicyclic) bond motifs is 1. The first-order chi connectivity index (χ1) is 15.0. The average molecular weight is 418 g/mol. The lowest BCUT2D eigenvalue weighted by atomic mass is 9.99. The van der Waals surface area contributed by atoms with Gasteiger partial charge >= 0.3 is 0 Å². The van der Waals surface area contributed by atoms with Crippen LogP contribution in [0.4, 0.5) is 5.69 Å². The lowest BCUT2D eigenvalue weighted by Crippen LogP contribution is -2.05. The van der Waals surface area contributed by atoms with E-state index in [-0.39, 0.29) is 5.92 Å². The quantitative estimate of drug-likeness (QED) is 0.442. The molecular formula is C27H31NO3. The summed E-state index contributed by atoms with van der Waals surface area (Å²) in [6.07, 6.45) is 3.12. The standard InChI is InChI=1S/C27H31NO3/c1-17(2)25-23(30-16-19-9-6-5-7-10-19)13-14-24(27(25)29-4)31-26-18(3)15-22(28)20-11-8-12-21(20)26/h5-7,9-10,13-15,17H,8,11-12,16,28H2,1-4H3. The highest BCUT2D eigenvalue weighted by Crippen LogP contribution is 2.46. The second-order valence-electron chi connectivity index (χ2n) is 8.46. The molecular weight excluding hydrogens is 386 g/mol. The van der Waals surface area contributed by atoms with Crippen molar-refractivity contribution in [3.05, 3.63) is 76.3 Å². The smallest absolute Gasteiger partial charge is 0.169 e. The van der Waals surface area contributed by atoms with Gasteiger partial charge < -0.3 is 19.9 Å². The molecule has 0 bridgehead atoms. The van der Waals surface area contributed by atoms with E-state index in [1.165, 1.54) is 11.1 Å². The molecule has 0 atom stereocenters. The van der Waals surface area contributed by atoms with E-state index in [4.69, 9.17) is 19.9 Å². The number of aryl methyl sites for hydroxylation is 1. The Labute approximate surface area is 185 Å². The van der Waals surface area contributed by atoms with Gasteiger partial charge in [-0.2, -0.15) is 0 Å². The first-order valence-electron chi connectivity index (χ1n) is 11.0. The Bertz CT molecular complexity index is 1070. The fourth-order valence-corrected chi connectivity index (χ4v) is 4.45. The molecule has 3 aromatic rings. The van der Waals surface area contributed by atoms with Crippen LogP contribution in [0.15, 0.2) is 48.5 Å². The highest BCUT2D eigenvalue weighted by Gasteiger charge is 2.24. The molecule has 0 aromatic heterocycles. The van der Waals surface area contributed by atoms with E-state index in [1.807, 2.05) is 36.4 Å². The van der Waals surface area contributed by atoms with Crippen molar-refractivity contribution in [3.63, 3.8) is 0 Å². The number of methoxy groups -OCH3 is 1. The van der Waals surface area contributed by atoms with Gasteiger partial charge in [-0.05, 0) is 67.0 Å². The van der Waals surface area contributed by atoms with Gasteiger partial charge in [0, 0.05) is 16.8 Å². The summed E-state index contributed by atoms with van der Waals surface area (Å²) >= 11 is 0. The minimum atomic E-state index is 0.211. The number of hydrogen-bond donors (Lipinski definition) is 1. The number of anilines is 1. The van der Waals surface area contributed by atoms with Crippen molar-refractivity contribution in [2.24, 2.45) is 0 Å². The summed E-state index contributed by atoms with van der Waals surface area (Å²) in [6, 6.07) is 16.1. The van der Waals surface area contributed by atoms with Crippen LogP contribution in [0.2, 0.25) is 0 Å². The maximum Gasteiger partial charge on any atom is 0.169 e. The Morgan fingerprint density at radius 3 is 2.35 bits per heavy atom. The highest BCUT2D eigenvalue weighted by molar-refractivity contribution is 5.64. The number of ether oxygens (including phenoxy) is 3. The third-order valence-electron chi connectivity index (χ3n) is 5.92. The Morgan fingerprint density at radius 2 is 1.65 bits per heavy atom. The molecule has 0 saturated carbocycles. The molecule has 162 valence electrons. The summed E-state index contributed by atoms with van der Waals surface area (Å²) in [5.41, 5.74) is 12.8. The molecule has 0 spiro atoms. The van der Waals surface area contributed by atoms with Crippen LogP contribution < -0.4 is 19.9 Å². The summed E-state index contributed by atoms with van der Waals surface area (Å²) in [5, 5.41) is 0. The third-order valence-corrected chi connectivity index (χ3v) is 5.92. The zero-order valence-electron chi connectivity index (χ0n) is 18.8. The highest BCUT2D eigenvalue weighted by atomic mass is 16.5. The molecule has 0 fully saturated rings. The second-order valence-corrected chi connectivity index (χ2v) is 8.46. The van der Waals surface area contributed by atoms with Crippen molar-refractivity contribution in [1.82, 2.24) is 0 Å². The van der Waals surface area contributed by atoms with Gasteiger partial charge in [0.05, 0.1) is 7.11 Å². The third kappa shape index (κ3) is 4.20. The number of rotatable bonds is 7. The van der Waals surface area contributed by atoms with Gasteiger partial charge in [-0.3, -0.25) is 0 Å². The van der Waals surface area contributed by atoms with Gasteiger partial charge in [0.1, 0.15) is 18.1 Å². The van der Waals surface area contributed by atoms with Gasteiger partial charge in [0.2, 0.25) is 0 Å². The van der Waals surface area contributed by atoms with Crippen molar-refractivity contribution >= 4 is 5.69 Å². The topological polar surface area (TPSA) is 53.7 Å². The first kappa shape index (κ1) is 21.1. The predicted molar refractivity (Wildman–Crippen MR) is 126 cm³/mol. The molecule has 0 unspecified atom stereocenters. The lowest BCUT2D eigenvalue weighted by molar-refractivity contribution is 0.295. The van der Waals surface area contributed by atoms with Crippen LogP contribution in [0.1, 0.15) is 54.0 Å². The summed E-state index contributed by atoms with van der Waals surface area (Å²) in [7, 11) is 1.69. The minimum absolute atomic E-state index is 0.211. The molecule has 3 aromatic carbocycles. The largest absolute Gasteiger partial charge is 0.492 e. The van der Waals surface area contributed by atoms with Crippen molar-refractivity contribution in [3.8, 4) is 23.0 Å². The Morgan fingerprint density at radius 1 is 0.935 bits per heavy atom. The van der Waals surface area contributed by atoms with Gasteiger partial charge in [0.25, 0.3) is 0 Å². The molecule has 1 aliphatic carbocycles. The summed E-state index contributed by atoms with van der Waals surface area (Å²) in [5.74, 6) is 3.38. The van der Waals surface area contributed by atoms with Gasteiger partial charge in [0.15, 0.2) is 11.5 Å². The van der Waals surface area contributed by atoms with Crippen LogP contribution in [0.25, 0.3) is 0 Å². The van der Waals surface area contributed by atoms with E-state index in [1.54, 1.807) is 7.11 Å². The van der Waals surface area contributed by atoms with Crippen LogP contribution in [0.5, 0.6) is 23.0 Å². The fraction of sp³-hybridized carbons (Fsp3) is 0.333. The Hall–Kier alpha value is -3.14. The van der Waals surface area contributed by atoms with Crippen molar-refractivity contribution in [1.29, 1.82) is 0 Å². The molecule has 1 aliphatic rings. The maximum absolute atomic E-state index is 6.50. The van der Waals surface area contributed by atoms with E-state index >= 15 is 0 Å². The van der Waals surface area contributed by atoms with E-state index in [9.17, 15) is 0 Å². The van der Waals surface area contributed by atoms with Crippen molar-refractivity contribution < 1.29 is 14.2 Å². The Balaban J connectivity index is 1.70. The number of benzene rings is 3. The van der Waals surface area contributed by atoms with Gasteiger partial charge in [-0.1, -0.05) is 44.2 Å².